The Morgan fingerprint density at radius 1 is 0.905 bits per heavy atom. The highest BCUT2D eigenvalue weighted by Gasteiger charge is 2.08. The summed E-state index contributed by atoms with van der Waals surface area (Å²) in [7, 11) is 0. The molecule has 21 heavy (non-hydrogen) atoms. The Kier molecular flexibility index (Phi) is 4.17. The lowest BCUT2D eigenvalue weighted by Crippen LogP contribution is -2.03. The summed E-state index contributed by atoms with van der Waals surface area (Å²) in [6.45, 7) is 0. The average Bonchev–Trinajstić information content (AvgIpc) is 2.46. The van der Waals surface area contributed by atoms with Gasteiger partial charge in [-0.3, -0.25) is 9.78 Å². The number of rotatable bonds is 3. The maximum absolute atomic E-state index is 12.4. The van der Waals surface area contributed by atoms with E-state index in [4.69, 9.17) is 0 Å². The van der Waals surface area contributed by atoms with Gasteiger partial charge in [0, 0.05) is 33.3 Å². The molecule has 1 heterocycles. The molecule has 0 bridgehead atoms. The predicted molar refractivity (Wildman–Crippen MR) is 91.6 cm³/mol. The van der Waals surface area contributed by atoms with Crippen molar-refractivity contribution in [3.05, 3.63) is 74.9 Å². The van der Waals surface area contributed by atoms with Crippen molar-refractivity contribution in [2.24, 2.45) is 0 Å². The summed E-state index contributed by atoms with van der Waals surface area (Å²) in [5.41, 5.74) is 1.63. The van der Waals surface area contributed by atoms with Crippen LogP contribution in [-0.4, -0.2) is 10.8 Å². The quantitative estimate of drug-likeness (QED) is 0.562. The van der Waals surface area contributed by atoms with Gasteiger partial charge in [0.2, 0.25) is 0 Å². The summed E-state index contributed by atoms with van der Waals surface area (Å²) in [6.07, 6.45) is 3.79. The Balaban J connectivity index is 1.89. The molecular formula is C17H11Br2NO. The highest BCUT2D eigenvalue weighted by molar-refractivity contribution is 9.10. The van der Waals surface area contributed by atoms with Gasteiger partial charge >= 0.3 is 0 Å². The lowest BCUT2D eigenvalue weighted by Gasteiger charge is -2.04. The average molecular weight is 405 g/mol. The van der Waals surface area contributed by atoms with Crippen molar-refractivity contribution in [3.63, 3.8) is 0 Å². The number of aromatic nitrogens is 1. The van der Waals surface area contributed by atoms with E-state index < -0.39 is 0 Å². The fraction of sp³-hybridized carbons (Fsp3) is 0.0588. The molecule has 2 aromatic carbocycles. The molecule has 3 aromatic rings. The fourth-order valence-corrected chi connectivity index (χ4v) is 3.02. The summed E-state index contributed by atoms with van der Waals surface area (Å²) in [6, 6.07) is 13.8. The number of ketones is 1. The summed E-state index contributed by atoms with van der Waals surface area (Å²) in [5.74, 6) is 0.0970. The Labute approximate surface area is 139 Å². The van der Waals surface area contributed by atoms with E-state index in [1.165, 1.54) is 0 Å². The minimum Gasteiger partial charge on any atom is -0.294 e. The third-order valence-corrected chi connectivity index (χ3v) is 4.18. The Hall–Kier alpha value is -1.52. The van der Waals surface area contributed by atoms with Gasteiger partial charge in [0.1, 0.15) is 0 Å². The Bertz CT molecular complexity index is 830. The first-order chi connectivity index (χ1) is 10.1. The molecule has 0 atom stereocenters. The molecule has 2 nitrogen and oxygen atoms in total. The first-order valence-corrected chi connectivity index (χ1v) is 8.02. The van der Waals surface area contributed by atoms with Crippen molar-refractivity contribution >= 4 is 48.4 Å². The molecule has 0 unspecified atom stereocenters. The van der Waals surface area contributed by atoms with Crippen molar-refractivity contribution in [1.29, 1.82) is 0 Å². The molecular weight excluding hydrogens is 394 g/mol. The van der Waals surface area contributed by atoms with Gasteiger partial charge in [-0.25, -0.2) is 0 Å². The number of carbonyl (C=O) groups is 1. The summed E-state index contributed by atoms with van der Waals surface area (Å²) >= 11 is 6.82. The van der Waals surface area contributed by atoms with E-state index in [1.807, 2.05) is 42.5 Å². The number of hydrogen-bond acceptors (Lipinski definition) is 2. The largest absolute Gasteiger partial charge is 0.294 e. The van der Waals surface area contributed by atoms with E-state index in [-0.39, 0.29) is 5.78 Å². The van der Waals surface area contributed by atoms with Crippen molar-refractivity contribution in [2.45, 2.75) is 6.42 Å². The number of fused-ring (bicyclic) bond motifs is 1. The highest BCUT2D eigenvalue weighted by atomic mass is 79.9. The van der Waals surface area contributed by atoms with Crippen LogP contribution in [-0.2, 0) is 6.42 Å². The molecule has 0 aliphatic heterocycles. The van der Waals surface area contributed by atoms with E-state index in [0.717, 1.165) is 30.8 Å². The smallest absolute Gasteiger partial charge is 0.167 e. The van der Waals surface area contributed by atoms with E-state index in [2.05, 4.69) is 36.8 Å². The van der Waals surface area contributed by atoms with E-state index in [9.17, 15) is 4.79 Å². The maximum Gasteiger partial charge on any atom is 0.167 e. The van der Waals surface area contributed by atoms with Crippen LogP contribution in [0.25, 0.3) is 10.8 Å². The Morgan fingerprint density at radius 2 is 1.67 bits per heavy atom. The van der Waals surface area contributed by atoms with Gasteiger partial charge in [0.15, 0.2) is 5.78 Å². The molecule has 0 radical (unpaired) electrons. The Morgan fingerprint density at radius 3 is 2.48 bits per heavy atom. The van der Waals surface area contributed by atoms with Crippen molar-refractivity contribution in [2.75, 3.05) is 0 Å². The second kappa shape index (κ2) is 6.08. The predicted octanol–water partition coefficient (Wildman–Crippen LogP) is 5.19. The van der Waals surface area contributed by atoms with E-state index in [1.54, 1.807) is 12.4 Å². The van der Waals surface area contributed by atoms with Crippen molar-refractivity contribution in [1.82, 2.24) is 4.98 Å². The summed E-state index contributed by atoms with van der Waals surface area (Å²) in [5, 5.41) is 2.18. The molecule has 0 N–H and O–H groups in total. The molecule has 1 aromatic heterocycles. The second-order valence-electron chi connectivity index (χ2n) is 4.82. The molecule has 0 aliphatic rings. The second-order valence-corrected chi connectivity index (χ2v) is 6.65. The van der Waals surface area contributed by atoms with Gasteiger partial charge in [-0.05, 0) is 56.5 Å². The first kappa shape index (κ1) is 14.4. The number of hydrogen-bond donors (Lipinski definition) is 0. The molecule has 3 rings (SSSR count). The van der Waals surface area contributed by atoms with Crippen molar-refractivity contribution in [3.8, 4) is 0 Å². The van der Waals surface area contributed by atoms with Gasteiger partial charge in [0.05, 0.1) is 0 Å². The van der Waals surface area contributed by atoms with E-state index in [0.29, 0.717) is 6.42 Å². The topological polar surface area (TPSA) is 30.0 Å². The monoisotopic (exact) mass is 403 g/mol. The number of nitrogens with zero attached hydrogens (tertiary/aromatic N) is 1. The number of halogens is 2. The number of carbonyl (C=O) groups excluding carboxylic acids is 1. The van der Waals surface area contributed by atoms with Gasteiger partial charge in [-0.1, -0.05) is 34.1 Å². The van der Waals surface area contributed by atoms with Crippen LogP contribution in [0.1, 0.15) is 15.9 Å². The molecule has 0 spiro atoms. The van der Waals surface area contributed by atoms with Crippen molar-refractivity contribution < 1.29 is 4.79 Å². The molecule has 0 aliphatic carbocycles. The summed E-state index contributed by atoms with van der Waals surface area (Å²) < 4.78 is 1.92. The van der Waals surface area contributed by atoms with Crippen LogP contribution in [0.3, 0.4) is 0 Å². The number of pyridine rings is 1. The van der Waals surface area contributed by atoms with Gasteiger partial charge in [-0.15, -0.1) is 0 Å². The SMILES string of the molecule is O=C(Cc1cncc(Br)c1)c1ccc2cc(Br)ccc2c1. The standard InChI is InChI=1S/C17H11Br2NO/c18-15-4-3-12-7-14(2-1-13(12)8-15)17(21)6-11-5-16(19)10-20-9-11/h1-5,7-10H,6H2. The molecule has 0 amide bonds. The van der Waals surface area contributed by atoms with Crippen LogP contribution >= 0.6 is 31.9 Å². The molecule has 0 saturated carbocycles. The number of benzene rings is 2. The normalized spacial score (nSPS) is 10.8. The van der Waals surface area contributed by atoms with Gasteiger partial charge in [-0.2, -0.15) is 0 Å². The van der Waals surface area contributed by atoms with Crippen LogP contribution in [0.5, 0.6) is 0 Å². The van der Waals surface area contributed by atoms with Crippen LogP contribution in [0, 0.1) is 0 Å². The number of Topliss-reactive ketones (excluding diaryl/α,β-unsaturated/α-hetero) is 1. The van der Waals surface area contributed by atoms with E-state index >= 15 is 0 Å². The van der Waals surface area contributed by atoms with Crippen LogP contribution < -0.4 is 0 Å². The third-order valence-electron chi connectivity index (χ3n) is 3.25. The molecule has 0 fully saturated rings. The fourth-order valence-electron chi connectivity index (χ4n) is 2.23. The lowest BCUT2D eigenvalue weighted by molar-refractivity contribution is 0.0993. The van der Waals surface area contributed by atoms with Gasteiger partial charge < -0.3 is 0 Å². The third kappa shape index (κ3) is 3.39. The van der Waals surface area contributed by atoms with Crippen LogP contribution in [0.4, 0.5) is 0 Å². The van der Waals surface area contributed by atoms with Crippen LogP contribution in [0.2, 0.25) is 0 Å². The molecule has 0 saturated heterocycles. The zero-order chi connectivity index (χ0) is 14.8. The van der Waals surface area contributed by atoms with Crippen LogP contribution in [0.15, 0.2) is 63.8 Å². The van der Waals surface area contributed by atoms with Gasteiger partial charge in [0.25, 0.3) is 0 Å². The highest BCUT2D eigenvalue weighted by Crippen LogP contribution is 2.22. The minimum atomic E-state index is 0.0970. The summed E-state index contributed by atoms with van der Waals surface area (Å²) in [4.78, 5) is 16.5. The lowest BCUT2D eigenvalue weighted by atomic mass is 10.0. The maximum atomic E-state index is 12.4. The molecule has 104 valence electrons. The molecule has 4 heteroatoms. The first-order valence-electron chi connectivity index (χ1n) is 6.44. The zero-order valence-electron chi connectivity index (χ0n) is 11.0. The zero-order valence-corrected chi connectivity index (χ0v) is 14.2. The minimum absolute atomic E-state index is 0.0970.